The van der Waals surface area contributed by atoms with Gasteiger partial charge in [-0.2, -0.15) is 0 Å². The Labute approximate surface area is 108 Å². The van der Waals surface area contributed by atoms with E-state index >= 15 is 0 Å². The number of furan rings is 1. The third-order valence-electron chi connectivity index (χ3n) is 3.53. The molecule has 1 atom stereocenters. The van der Waals surface area contributed by atoms with Gasteiger partial charge in [0.05, 0.1) is 6.04 Å². The standard InChI is InChI=1S/C14H21NO3/c1-3-4-9-15(11-5-6-11)10(2)12-7-8-13(18-12)14(16)17/h7-8,10-11H,3-6,9H2,1-2H3,(H,16,17). The molecule has 1 saturated carbocycles. The van der Waals surface area contributed by atoms with Gasteiger partial charge < -0.3 is 9.52 Å². The smallest absolute Gasteiger partial charge is 0.371 e. The van der Waals surface area contributed by atoms with Gasteiger partial charge in [-0.25, -0.2) is 4.79 Å². The first-order valence-electron chi connectivity index (χ1n) is 6.72. The molecular weight excluding hydrogens is 230 g/mol. The molecule has 1 N–H and O–H groups in total. The summed E-state index contributed by atoms with van der Waals surface area (Å²) >= 11 is 0. The fourth-order valence-electron chi connectivity index (χ4n) is 2.30. The van der Waals surface area contributed by atoms with E-state index in [1.807, 2.05) is 0 Å². The Kier molecular flexibility index (Phi) is 4.07. The Hall–Kier alpha value is -1.29. The Morgan fingerprint density at radius 3 is 2.78 bits per heavy atom. The van der Waals surface area contributed by atoms with E-state index in [1.165, 1.54) is 25.7 Å². The third-order valence-corrected chi connectivity index (χ3v) is 3.53. The van der Waals surface area contributed by atoms with Gasteiger partial charge in [0.2, 0.25) is 5.76 Å². The number of carboxylic acid groups (broad SMARTS) is 1. The quantitative estimate of drug-likeness (QED) is 0.807. The normalized spacial score (nSPS) is 17.1. The van der Waals surface area contributed by atoms with Crippen molar-refractivity contribution in [2.75, 3.05) is 6.54 Å². The van der Waals surface area contributed by atoms with Gasteiger partial charge in [0.1, 0.15) is 5.76 Å². The minimum absolute atomic E-state index is 0.0306. The van der Waals surface area contributed by atoms with Gasteiger partial charge in [0, 0.05) is 6.04 Å². The zero-order valence-corrected chi connectivity index (χ0v) is 11.1. The van der Waals surface area contributed by atoms with Crippen LogP contribution in [0.2, 0.25) is 0 Å². The molecule has 0 amide bonds. The van der Waals surface area contributed by atoms with Crippen LogP contribution in [-0.4, -0.2) is 28.6 Å². The van der Waals surface area contributed by atoms with Gasteiger partial charge in [0.15, 0.2) is 0 Å². The second-order valence-corrected chi connectivity index (χ2v) is 5.01. The molecule has 18 heavy (non-hydrogen) atoms. The summed E-state index contributed by atoms with van der Waals surface area (Å²) in [6.45, 7) is 5.34. The topological polar surface area (TPSA) is 53.7 Å². The van der Waals surface area contributed by atoms with Crippen molar-refractivity contribution in [1.29, 1.82) is 0 Å². The van der Waals surface area contributed by atoms with Crippen LogP contribution < -0.4 is 0 Å². The summed E-state index contributed by atoms with van der Waals surface area (Å²) in [5.41, 5.74) is 0. The molecule has 1 aromatic heterocycles. The summed E-state index contributed by atoms with van der Waals surface area (Å²) in [4.78, 5) is 13.3. The van der Waals surface area contributed by atoms with E-state index < -0.39 is 5.97 Å². The molecule has 0 radical (unpaired) electrons. The highest BCUT2D eigenvalue weighted by Crippen LogP contribution is 2.35. The van der Waals surface area contributed by atoms with Gasteiger partial charge >= 0.3 is 5.97 Å². The Morgan fingerprint density at radius 1 is 1.56 bits per heavy atom. The van der Waals surface area contributed by atoms with Crippen molar-refractivity contribution in [2.24, 2.45) is 0 Å². The number of carbonyl (C=O) groups is 1. The van der Waals surface area contributed by atoms with Crippen molar-refractivity contribution in [2.45, 2.75) is 51.6 Å². The first-order valence-corrected chi connectivity index (χ1v) is 6.72. The van der Waals surface area contributed by atoms with Crippen LogP contribution in [0.1, 0.15) is 61.9 Å². The lowest BCUT2D eigenvalue weighted by molar-refractivity contribution is 0.0655. The number of unbranched alkanes of at least 4 members (excludes halogenated alkanes) is 1. The van der Waals surface area contributed by atoms with Gasteiger partial charge in [-0.05, 0) is 44.9 Å². The maximum atomic E-state index is 10.8. The molecule has 1 fully saturated rings. The SMILES string of the molecule is CCCCN(C1CC1)C(C)c1ccc(C(=O)O)o1. The van der Waals surface area contributed by atoms with Crippen molar-refractivity contribution in [1.82, 2.24) is 4.90 Å². The van der Waals surface area contributed by atoms with Crippen LogP contribution in [0, 0.1) is 0 Å². The molecular formula is C14H21NO3. The molecule has 4 heteroatoms. The summed E-state index contributed by atoms with van der Waals surface area (Å²) in [5, 5.41) is 8.87. The number of carboxylic acids is 1. The van der Waals surface area contributed by atoms with E-state index in [4.69, 9.17) is 9.52 Å². The monoisotopic (exact) mass is 251 g/mol. The molecule has 1 unspecified atom stereocenters. The van der Waals surface area contributed by atoms with Crippen molar-refractivity contribution >= 4 is 5.97 Å². The van der Waals surface area contributed by atoms with E-state index in [-0.39, 0.29) is 11.8 Å². The summed E-state index contributed by atoms with van der Waals surface area (Å²) < 4.78 is 5.40. The summed E-state index contributed by atoms with van der Waals surface area (Å²) in [7, 11) is 0. The number of rotatable bonds is 7. The third kappa shape index (κ3) is 2.93. The van der Waals surface area contributed by atoms with Crippen LogP contribution >= 0.6 is 0 Å². The largest absolute Gasteiger partial charge is 0.475 e. The van der Waals surface area contributed by atoms with E-state index in [0.717, 1.165) is 12.3 Å². The summed E-state index contributed by atoms with van der Waals surface area (Å²) in [6, 6.07) is 4.15. The second-order valence-electron chi connectivity index (χ2n) is 5.01. The minimum atomic E-state index is -1.00. The predicted octanol–water partition coefficient (Wildman–Crippen LogP) is 3.30. The first-order chi connectivity index (χ1) is 8.63. The zero-order valence-electron chi connectivity index (χ0n) is 11.1. The Morgan fingerprint density at radius 2 is 2.28 bits per heavy atom. The van der Waals surface area contributed by atoms with Gasteiger partial charge in [-0.15, -0.1) is 0 Å². The van der Waals surface area contributed by atoms with Crippen LogP contribution in [0.25, 0.3) is 0 Å². The van der Waals surface area contributed by atoms with Crippen LogP contribution in [0.15, 0.2) is 16.5 Å². The molecule has 0 bridgehead atoms. The van der Waals surface area contributed by atoms with Crippen LogP contribution in [-0.2, 0) is 0 Å². The molecule has 0 aromatic carbocycles. The molecule has 100 valence electrons. The lowest BCUT2D eigenvalue weighted by Crippen LogP contribution is -2.30. The van der Waals surface area contributed by atoms with Crippen molar-refractivity contribution in [3.63, 3.8) is 0 Å². The van der Waals surface area contributed by atoms with Gasteiger partial charge in [-0.1, -0.05) is 13.3 Å². The summed E-state index contributed by atoms with van der Waals surface area (Å²) in [6.07, 6.45) is 4.85. The molecule has 0 saturated heterocycles. The van der Waals surface area contributed by atoms with E-state index in [2.05, 4.69) is 18.7 Å². The molecule has 4 nitrogen and oxygen atoms in total. The molecule has 2 rings (SSSR count). The van der Waals surface area contributed by atoms with Crippen molar-refractivity contribution in [3.05, 3.63) is 23.7 Å². The highest BCUT2D eigenvalue weighted by Gasteiger charge is 2.33. The van der Waals surface area contributed by atoms with E-state index in [0.29, 0.717) is 6.04 Å². The maximum Gasteiger partial charge on any atom is 0.371 e. The van der Waals surface area contributed by atoms with Crippen LogP contribution in [0.5, 0.6) is 0 Å². The molecule has 0 aliphatic heterocycles. The lowest BCUT2D eigenvalue weighted by Gasteiger charge is -2.27. The fourth-order valence-corrected chi connectivity index (χ4v) is 2.30. The molecule has 1 aliphatic carbocycles. The van der Waals surface area contributed by atoms with Gasteiger partial charge in [-0.3, -0.25) is 4.90 Å². The van der Waals surface area contributed by atoms with Gasteiger partial charge in [0.25, 0.3) is 0 Å². The van der Waals surface area contributed by atoms with Crippen molar-refractivity contribution < 1.29 is 14.3 Å². The number of nitrogens with zero attached hydrogens (tertiary/aromatic N) is 1. The average molecular weight is 251 g/mol. The fraction of sp³-hybridized carbons (Fsp3) is 0.643. The number of hydrogen-bond acceptors (Lipinski definition) is 3. The number of hydrogen-bond donors (Lipinski definition) is 1. The molecule has 1 heterocycles. The number of aromatic carboxylic acids is 1. The van der Waals surface area contributed by atoms with Crippen LogP contribution in [0.3, 0.4) is 0 Å². The second kappa shape index (κ2) is 5.57. The zero-order chi connectivity index (χ0) is 13.1. The lowest BCUT2D eigenvalue weighted by atomic mass is 10.2. The van der Waals surface area contributed by atoms with Crippen molar-refractivity contribution in [3.8, 4) is 0 Å². The molecule has 0 spiro atoms. The predicted molar refractivity (Wildman–Crippen MR) is 68.7 cm³/mol. The first kappa shape index (κ1) is 13.1. The summed E-state index contributed by atoms with van der Waals surface area (Å²) in [5.74, 6) is -0.210. The Bertz CT molecular complexity index is 409. The van der Waals surface area contributed by atoms with E-state index in [9.17, 15) is 4.79 Å². The van der Waals surface area contributed by atoms with Crippen LogP contribution in [0.4, 0.5) is 0 Å². The maximum absolute atomic E-state index is 10.8. The highest BCUT2D eigenvalue weighted by atomic mass is 16.4. The minimum Gasteiger partial charge on any atom is -0.475 e. The molecule has 1 aromatic rings. The highest BCUT2D eigenvalue weighted by molar-refractivity contribution is 5.84. The average Bonchev–Trinajstić information content (AvgIpc) is 3.05. The Balaban J connectivity index is 2.06. The molecule has 1 aliphatic rings. The van der Waals surface area contributed by atoms with E-state index in [1.54, 1.807) is 12.1 Å².